The fourth-order valence-corrected chi connectivity index (χ4v) is 2.38. The van der Waals surface area contributed by atoms with E-state index in [4.69, 9.17) is 16.3 Å². The van der Waals surface area contributed by atoms with Gasteiger partial charge < -0.3 is 15.4 Å². The minimum atomic E-state index is -0.495. The Balaban J connectivity index is 1.80. The summed E-state index contributed by atoms with van der Waals surface area (Å²) < 4.78 is 18.1. The molecule has 2 rings (SSSR count). The van der Waals surface area contributed by atoms with Crippen LogP contribution >= 0.6 is 11.6 Å². The van der Waals surface area contributed by atoms with Gasteiger partial charge in [-0.2, -0.15) is 0 Å². The van der Waals surface area contributed by atoms with Gasteiger partial charge in [0.2, 0.25) is 5.91 Å². The van der Waals surface area contributed by atoms with E-state index >= 15 is 0 Å². The second kappa shape index (κ2) is 8.48. The molecule has 2 aromatic rings. The summed E-state index contributed by atoms with van der Waals surface area (Å²) in [6.45, 7) is 3.26. The number of ether oxygens (including phenoxy) is 1. The van der Waals surface area contributed by atoms with Crippen molar-refractivity contribution >= 4 is 29.1 Å². The van der Waals surface area contributed by atoms with Gasteiger partial charge in [-0.15, -0.1) is 0 Å². The molecule has 2 amide bonds. The van der Waals surface area contributed by atoms with Gasteiger partial charge in [0.05, 0.1) is 11.6 Å². The number of halogens is 2. The fourth-order valence-electron chi connectivity index (χ4n) is 2.16. The number of anilines is 1. The molecule has 2 aromatic carbocycles. The van der Waals surface area contributed by atoms with E-state index in [1.165, 1.54) is 12.1 Å². The first-order chi connectivity index (χ1) is 11.9. The van der Waals surface area contributed by atoms with Crippen LogP contribution in [0.25, 0.3) is 0 Å². The zero-order valence-corrected chi connectivity index (χ0v) is 14.6. The molecule has 132 valence electrons. The molecule has 0 saturated heterocycles. The second-order valence-corrected chi connectivity index (χ2v) is 5.86. The average Bonchev–Trinajstić information content (AvgIpc) is 2.55. The van der Waals surface area contributed by atoms with Crippen LogP contribution < -0.4 is 15.4 Å². The average molecular weight is 365 g/mol. The number of rotatable bonds is 6. The number of nitrogens with one attached hydrogen (secondary N) is 2. The molecule has 0 radical (unpaired) electrons. The number of para-hydroxylation sites is 1. The molecular weight excluding hydrogens is 347 g/mol. The molecular formula is C18H18ClFN2O3. The Labute approximate surface area is 150 Å². The van der Waals surface area contributed by atoms with Crippen LogP contribution in [0.1, 0.15) is 11.1 Å². The van der Waals surface area contributed by atoms with E-state index in [1.54, 1.807) is 0 Å². The quantitative estimate of drug-likeness (QED) is 0.827. The Morgan fingerprint density at radius 3 is 2.44 bits per heavy atom. The van der Waals surface area contributed by atoms with Gasteiger partial charge >= 0.3 is 0 Å². The summed E-state index contributed by atoms with van der Waals surface area (Å²) in [7, 11) is 0. The van der Waals surface area contributed by atoms with Crippen molar-refractivity contribution in [1.82, 2.24) is 5.32 Å². The van der Waals surface area contributed by atoms with Gasteiger partial charge in [-0.3, -0.25) is 9.59 Å². The number of amides is 2. The lowest BCUT2D eigenvalue weighted by molar-refractivity contribution is -0.125. The first kappa shape index (κ1) is 18.7. The highest BCUT2D eigenvalue weighted by Crippen LogP contribution is 2.24. The second-order valence-electron chi connectivity index (χ2n) is 5.46. The lowest BCUT2D eigenvalue weighted by atomic mass is 10.1. The van der Waals surface area contributed by atoms with E-state index in [-0.39, 0.29) is 29.8 Å². The molecule has 0 aromatic heterocycles. The van der Waals surface area contributed by atoms with Crippen molar-refractivity contribution < 1.29 is 18.7 Å². The molecule has 0 fully saturated rings. The molecule has 0 aliphatic carbocycles. The number of hydrogen-bond donors (Lipinski definition) is 2. The molecule has 0 spiro atoms. The third-order valence-corrected chi connectivity index (χ3v) is 3.74. The molecule has 0 aliphatic heterocycles. The fraction of sp³-hybridized carbons (Fsp3) is 0.222. The molecule has 0 atom stereocenters. The van der Waals surface area contributed by atoms with E-state index in [0.717, 1.165) is 22.9 Å². The van der Waals surface area contributed by atoms with Crippen LogP contribution in [0, 0.1) is 19.7 Å². The minimum absolute atomic E-state index is 0.0700. The van der Waals surface area contributed by atoms with Crippen LogP contribution in [0.4, 0.5) is 10.1 Å². The number of hydrogen-bond acceptors (Lipinski definition) is 3. The van der Waals surface area contributed by atoms with Crippen molar-refractivity contribution in [2.45, 2.75) is 13.8 Å². The highest BCUT2D eigenvalue weighted by Gasteiger charge is 2.10. The van der Waals surface area contributed by atoms with Crippen LogP contribution in [-0.2, 0) is 9.59 Å². The van der Waals surface area contributed by atoms with Crippen molar-refractivity contribution in [2.75, 3.05) is 18.5 Å². The van der Waals surface area contributed by atoms with Gasteiger partial charge in [0.25, 0.3) is 5.91 Å². The highest BCUT2D eigenvalue weighted by molar-refractivity contribution is 6.32. The maximum Gasteiger partial charge on any atom is 0.258 e. The molecule has 0 heterocycles. The van der Waals surface area contributed by atoms with Gasteiger partial charge in [-0.1, -0.05) is 29.8 Å². The van der Waals surface area contributed by atoms with Crippen molar-refractivity contribution in [3.63, 3.8) is 0 Å². The molecule has 7 heteroatoms. The van der Waals surface area contributed by atoms with Crippen LogP contribution in [0.2, 0.25) is 5.02 Å². The highest BCUT2D eigenvalue weighted by atomic mass is 35.5. The summed E-state index contributed by atoms with van der Waals surface area (Å²) in [4.78, 5) is 23.7. The zero-order valence-electron chi connectivity index (χ0n) is 13.9. The summed E-state index contributed by atoms with van der Waals surface area (Å²) >= 11 is 5.80. The van der Waals surface area contributed by atoms with Crippen LogP contribution in [0.3, 0.4) is 0 Å². The molecule has 0 bridgehead atoms. The van der Waals surface area contributed by atoms with E-state index in [0.29, 0.717) is 0 Å². The van der Waals surface area contributed by atoms with E-state index in [9.17, 15) is 14.0 Å². The lowest BCUT2D eigenvalue weighted by Crippen LogP contribution is -2.36. The Hall–Kier alpha value is -2.60. The number of benzene rings is 2. The first-order valence-corrected chi connectivity index (χ1v) is 7.95. The van der Waals surface area contributed by atoms with E-state index in [1.807, 2.05) is 32.0 Å². The minimum Gasteiger partial charge on any atom is -0.482 e. The first-order valence-electron chi connectivity index (χ1n) is 7.57. The third-order valence-electron chi connectivity index (χ3n) is 3.44. The Morgan fingerprint density at radius 2 is 1.80 bits per heavy atom. The predicted molar refractivity (Wildman–Crippen MR) is 94.5 cm³/mol. The summed E-state index contributed by atoms with van der Waals surface area (Å²) in [5.74, 6) is -1.13. The summed E-state index contributed by atoms with van der Waals surface area (Å²) in [5, 5.41) is 5.29. The predicted octanol–water partition coefficient (Wildman–Crippen LogP) is 3.23. The van der Waals surface area contributed by atoms with Gasteiger partial charge in [0, 0.05) is 5.69 Å². The summed E-state index contributed by atoms with van der Waals surface area (Å²) in [5.41, 5.74) is 2.61. The van der Waals surface area contributed by atoms with Crippen LogP contribution in [0.5, 0.6) is 5.75 Å². The normalized spacial score (nSPS) is 10.2. The van der Waals surface area contributed by atoms with Crippen molar-refractivity contribution in [1.29, 1.82) is 0 Å². The maximum atomic E-state index is 12.9. The number of carbonyl (C=O) groups is 2. The van der Waals surface area contributed by atoms with Crippen molar-refractivity contribution in [2.24, 2.45) is 0 Å². The standard InChI is InChI=1S/C18H18ClFN2O3/c1-11-4-3-5-12(2)18(11)22-16(23)9-21-17(24)10-25-15-7-6-13(20)8-14(15)19/h3-8H,9-10H2,1-2H3,(H,21,24)(H,22,23). The Kier molecular flexibility index (Phi) is 6.36. The Bertz CT molecular complexity index is 776. The van der Waals surface area contributed by atoms with E-state index in [2.05, 4.69) is 10.6 Å². The summed E-state index contributed by atoms with van der Waals surface area (Å²) in [6.07, 6.45) is 0. The summed E-state index contributed by atoms with van der Waals surface area (Å²) in [6, 6.07) is 9.28. The van der Waals surface area contributed by atoms with Crippen molar-refractivity contribution in [3.05, 3.63) is 58.4 Å². The van der Waals surface area contributed by atoms with Crippen LogP contribution in [-0.4, -0.2) is 25.0 Å². The molecule has 0 saturated carbocycles. The molecule has 2 N–H and O–H groups in total. The SMILES string of the molecule is Cc1cccc(C)c1NC(=O)CNC(=O)COc1ccc(F)cc1Cl. The van der Waals surface area contributed by atoms with Gasteiger partial charge in [0.15, 0.2) is 6.61 Å². The van der Waals surface area contributed by atoms with Gasteiger partial charge in [0.1, 0.15) is 11.6 Å². The van der Waals surface area contributed by atoms with E-state index < -0.39 is 11.7 Å². The molecule has 0 unspecified atom stereocenters. The lowest BCUT2D eigenvalue weighted by Gasteiger charge is -2.12. The van der Waals surface area contributed by atoms with Crippen LogP contribution in [0.15, 0.2) is 36.4 Å². The number of carbonyl (C=O) groups excluding carboxylic acids is 2. The number of aryl methyl sites for hydroxylation is 2. The maximum absolute atomic E-state index is 12.9. The third kappa shape index (κ3) is 5.46. The molecule has 0 aliphatic rings. The monoisotopic (exact) mass is 364 g/mol. The van der Waals surface area contributed by atoms with Gasteiger partial charge in [-0.25, -0.2) is 4.39 Å². The van der Waals surface area contributed by atoms with Crippen molar-refractivity contribution in [3.8, 4) is 5.75 Å². The smallest absolute Gasteiger partial charge is 0.258 e. The Morgan fingerprint density at radius 1 is 1.12 bits per heavy atom. The molecule has 5 nitrogen and oxygen atoms in total. The molecule has 25 heavy (non-hydrogen) atoms. The van der Waals surface area contributed by atoms with Gasteiger partial charge in [-0.05, 0) is 43.2 Å². The largest absolute Gasteiger partial charge is 0.482 e. The zero-order chi connectivity index (χ0) is 18.4. The topological polar surface area (TPSA) is 67.4 Å².